The number of Topliss-reactive ketones (excluding diaryl/α,β-unsaturated/α-hetero) is 2. The summed E-state index contributed by atoms with van der Waals surface area (Å²) in [4.78, 5) is 49.3. The van der Waals surface area contributed by atoms with Gasteiger partial charge in [-0.05, 0) is 32.9 Å². The van der Waals surface area contributed by atoms with Gasteiger partial charge in [0, 0.05) is 37.2 Å². The number of nitrogens with one attached hydrogen (secondary N) is 1. The smallest absolute Gasteiger partial charge is 0.309 e. The molecule has 0 spiro atoms. The summed E-state index contributed by atoms with van der Waals surface area (Å²) < 4.78 is 9.83. The molecule has 0 aliphatic heterocycles. The quantitative estimate of drug-likeness (QED) is 0.0662. The van der Waals surface area contributed by atoms with E-state index >= 15 is 0 Å². The topological polar surface area (TPSA) is 98.8 Å². The van der Waals surface area contributed by atoms with Crippen LogP contribution in [0.2, 0.25) is 0 Å². The van der Waals surface area contributed by atoms with Gasteiger partial charge in [0.1, 0.15) is 11.6 Å². The van der Waals surface area contributed by atoms with Gasteiger partial charge in [0.15, 0.2) is 0 Å². The number of ether oxygens (including phenoxy) is 2. The van der Waals surface area contributed by atoms with Crippen molar-refractivity contribution in [2.24, 2.45) is 11.8 Å². The highest BCUT2D eigenvalue weighted by molar-refractivity contribution is 8.76. The van der Waals surface area contributed by atoms with Crippen molar-refractivity contribution in [1.29, 1.82) is 0 Å². The van der Waals surface area contributed by atoms with Crippen LogP contribution in [0.1, 0.15) is 110 Å². The number of hydrogen-bond acceptors (Lipinski definition) is 9. The molecule has 0 heterocycles. The summed E-state index contributed by atoms with van der Waals surface area (Å²) in [6, 6.07) is 0. The lowest BCUT2D eigenvalue weighted by molar-refractivity contribution is -0.146. The van der Waals surface area contributed by atoms with Crippen molar-refractivity contribution in [1.82, 2.24) is 5.32 Å². The second kappa shape index (κ2) is 26.2. The van der Waals surface area contributed by atoms with E-state index in [4.69, 9.17) is 9.47 Å². The first kappa shape index (κ1) is 36.9. The fourth-order valence-corrected chi connectivity index (χ4v) is 6.79. The number of rotatable bonds is 27. The van der Waals surface area contributed by atoms with Crippen molar-refractivity contribution in [3.63, 3.8) is 0 Å². The summed E-state index contributed by atoms with van der Waals surface area (Å²) in [6.07, 6.45) is 14.7. The molecule has 9 heteroatoms. The molecule has 0 amide bonds. The van der Waals surface area contributed by atoms with Crippen LogP contribution in [0.15, 0.2) is 0 Å². The van der Waals surface area contributed by atoms with E-state index in [1.165, 1.54) is 61.5 Å². The molecule has 1 N–H and O–H groups in total. The minimum atomic E-state index is -0.504. The van der Waals surface area contributed by atoms with E-state index in [1.54, 1.807) is 0 Å². The molecule has 38 heavy (non-hydrogen) atoms. The van der Waals surface area contributed by atoms with Gasteiger partial charge in [-0.3, -0.25) is 19.2 Å². The fourth-order valence-electron chi connectivity index (χ4n) is 4.20. The first-order valence-corrected chi connectivity index (χ1v) is 17.0. The van der Waals surface area contributed by atoms with E-state index in [9.17, 15) is 19.2 Å². The van der Waals surface area contributed by atoms with Crippen LogP contribution >= 0.6 is 21.6 Å². The number of esters is 2. The number of hydrogen-bond donors (Lipinski definition) is 1. The highest BCUT2D eigenvalue weighted by Crippen LogP contribution is 2.30. The molecule has 0 bridgehead atoms. The SMILES string of the molecule is CCCCCCCCCC(=O)CC(CSSCC(CC(=O)CCCCCCCNC)C(=O)OC)C(=O)OC. The van der Waals surface area contributed by atoms with E-state index in [2.05, 4.69) is 12.2 Å². The lowest BCUT2D eigenvalue weighted by Crippen LogP contribution is -2.23. The second-order valence-electron chi connectivity index (χ2n) is 9.99. The molecular weight excluding hydrogens is 522 g/mol. The van der Waals surface area contributed by atoms with Crippen LogP contribution in [-0.4, -0.2) is 62.8 Å². The van der Waals surface area contributed by atoms with Crippen LogP contribution in [0.25, 0.3) is 0 Å². The van der Waals surface area contributed by atoms with Crippen molar-refractivity contribution in [3.8, 4) is 0 Å². The van der Waals surface area contributed by atoms with Crippen molar-refractivity contribution in [3.05, 3.63) is 0 Å². The average molecular weight is 576 g/mol. The van der Waals surface area contributed by atoms with Crippen molar-refractivity contribution in [2.75, 3.05) is 39.3 Å². The lowest BCUT2D eigenvalue weighted by atomic mass is 10.00. The molecule has 222 valence electrons. The Labute approximate surface area is 239 Å². The zero-order chi connectivity index (χ0) is 28.4. The third-order valence-electron chi connectivity index (χ3n) is 6.58. The first-order chi connectivity index (χ1) is 18.4. The molecule has 0 aromatic rings. The first-order valence-electron chi connectivity index (χ1n) is 14.5. The predicted molar refractivity (Wildman–Crippen MR) is 159 cm³/mol. The second-order valence-corrected chi connectivity index (χ2v) is 12.5. The molecule has 0 aromatic carbocycles. The molecule has 0 aliphatic carbocycles. The Morgan fingerprint density at radius 2 is 1.03 bits per heavy atom. The van der Waals surface area contributed by atoms with Gasteiger partial charge in [-0.25, -0.2) is 0 Å². The Bertz CT molecular complexity index is 593. The molecule has 0 fully saturated rings. The van der Waals surface area contributed by atoms with Gasteiger partial charge in [0.2, 0.25) is 0 Å². The summed E-state index contributed by atoms with van der Waals surface area (Å²) in [5, 5.41) is 3.13. The minimum Gasteiger partial charge on any atom is -0.469 e. The van der Waals surface area contributed by atoms with Crippen LogP contribution in [-0.2, 0) is 28.7 Å². The molecule has 7 nitrogen and oxygen atoms in total. The number of carbonyl (C=O) groups excluding carboxylic acids is 4. The molecule has 0 saturated heterocycles. The summed E-state index contributed by atoms with van der Waals surface area (Å²) in [5.74, 6) is -0.728. The van der Waals surface area contributed by atoms with Crippen LogP contribution in [0, 0.1) is 11.8 Å². The highest BCUT2D eigenvalue weighted by Gasteiger charge is 2.25. The van der Waals surface area contributed by atoms with Crippen LogP contribution in [0.4, 0.5) is 0 Å². The number of carbonyl (C=O) groups is 4. The monoisotopic (exact) mass is 575 g/mol. The fraction of sp³-hybridized carbons (Fsp3) is 0.862. The van der Waals surface area contributed by atoms with Crippen molar-refractivity contribution in [2.45, 2.75) is 110 Å². The van der Waals surface area contributed by atoms with Crippen LogP contribution in [0.5, 0.6) is 0 Å². The number of ketones is 2. The van der Waals surface area contributed by atoms with Gasteiger partial charge >= 0.3 is 11.9 Å². The van der Waals surface area contributed by atoms with E-state index in [0.717, 1.165) is 57.9 Å². The normalized spacial score (nSPS) is 12.6. The van der Waals surface area contributed by atoms with Crippen LogP contribution in [0.3, 0.4) is 0 Å². The van der Waals surface area contributed by atoms with E-state index in [1.807, 2.05) is 7.05 Å². The van der Waals surface area contributed by atoms with Gasteiger partial charge in [-0.1, -0.05) is 86.3 Å². The molecule has 0 rings (SSSR count). The summed E-state index contributed by atoms with van der Waals surface area (Å²) >= 11 is 0. The Balaban J connectivity index is 4.38. The maximum absolute atomic E-state index is 12.4. The standard InChI is InChI=1S/C29H53NO6S2/c1-5-6-7-8-9-11-14-17-26(31)20-24(28(33)35-3)22-37-38-23-25(29(34)36-4)21-27(32)18-15-12-10-13-16-19-30-2/h24-25,30H,5-23H2,1-4H3. The molecule has 0 saturated carbocycles. The Kier molecular flexibility index (Phi) is 25.4. The van der Waals surface area contributed by atoms with Crippen molar-refractivity contribution >= 4 is 45.1 Å². The largest absolute Gasteiger partial charge is 0.469 e. The molecule has 0 aromatic heterocycles. The van der Waals surface area contributed by atoms with Crippen LogP contribution < -0.4 is 5.32 Å². The molecule has 2 unspecified atom stereocenters. The summed E-state index contributed by atoms with van der Waals surface area (Å²) in [7, 11) is 7.51. The van der Waals surface area contributed by atoms with Gasteiger partial charge in [-0.15, -0.1) is 0 Å². The highest BCUT2D eigenvalue weighted by atomic mass is 33.1. The zero-order valence-electron chi connectivity index (χ0n) is 24.4. The molecular formula is C29H53NO6S2. The Morgan fingerprint density at radius 1 is 0.632 bits per heavy atom. The minimum absolute atomic E-state index is 0.0876. The Hall–Kier alpha value is -1.06. The lowest BCUT2D eigenvalue weighted by Gasteiger charge is -2.16. The van der Waals surface area contributed by atoms with E-state index in [-0.39, 0.29) is 36.3 Å². The van der Waals surface area contributed by atoms with E-state index < -0.39 is 11.8 Å². The average Bonchev–Trinajstić information content (AvgIpc) is 2.91. The predicted octanol–water partition coefficient (Wildman–Crippen LogP) is 6.57. The summed E-state index contributed by atoms with van der Waals surface area (Å²) in [6.45, 7) is 3.22. The molecule has 0 radical (unpaired) electrons. The van der Waals surface area contributed by atoms with Crippen molar-refractivity contribution < 1.29 is 28.7 Å². The zero-order valence-corrected chi connectivity index (χ0v) is 26.0. The summed E-state index contributed by atoms with van der Waals surface area (Å²) in [5.41, 5.74) is 0. The van der Waals surface area contributed by atoms with Gasteiger partial charge in [-0.2, -0.15) is 0 Å². The third-order valence-corrected chi connectivity index (χ3v) is 9.14. The Morgan fingerprint density at radius 3 is 1.42 bits per heavy atom. The maximum atomic E-state index is 12.4. The number of unbranched alkanes of at least 4 members (excludes halogenated alkanes) is 10. The molecule has 2 atom stereocenters. The van der Waals surface area contributed by atoms with Gasteiger partial charge < -0.3 is 14.8 Å². The molecule has 0 aliphatic rings. The maximum Gasteiger partial charge on any atom is 0.309 e. The van der Waals surface area contributed by atoms with Gasteiger partial charge in [0.05, 0.1) is 26.1 Å². The third kappa shape index (κ3) is 20.8. The van der Waals surface area contributed by atoms with E-state index in [0.29, 0.717) is 24.3 Å². The van der Waals surface area contributed by atoms with Gasteiger partial charge in [0.25, 0.3) is 0 Å². The number of methoxy groups -OCH3 is 2.